The predicted octanol–water partition coefficient (Wildman–Crippen LogP) is 3.96. The van der Waals surface area contributed by atoms with Crippen LogP contribution in [0.1, 0.15) is 24.4 Å². The Bertz CT molecular complexity index is 1130. The summed E-state index contributed by atoms with van der Waals surface area (Å²) in [5.74, 6) is -2.82. The molecule has 3 aromatic rings. The number of hydrogen-bond donors (Lipinski definition) is 4. The minimum Gasteiger partial charge on any atom is -0.480 e. The summed E-state index contributed by atoms with van der Waals surface area (Å²) in [6.07, 6.45) is 0. The van der Waals surface area contributed by atoms with Crippen LogP contribution in [0, 0.1) is 11.7 Å². The van der Waals surface area contributed by atoms with Gasteiger partial charge in [-0.25, -0.2) is 14.0 Å². The highest BCUT2D eigenvalue weighted by atomic mass is 19.1. The van der Waals surface area contributed by atoms with Gasteiger partial charge in [0.25, 0.3) is 5.91 Å². The quantitative estimate of drug-likeness (QED) is 0.439. The van der Waals surface area contributed by atoms with E-state index in [0.29, 0.717) is 16.9 Å². The molecule has 10 heteroatoms. The molecule has 0 aliphatic heterocycles. The van der Waals surface area contributed by atoms with E-state index in [1.54, 1.807) is 44.2 Å². The second kappa shape index (κ2) is 9.73. The van der Waals surface area contributed by atoms with E-state index in [4.69, 9.17) is 4.52 Å². The minimum atomic E-state index is -1.14. The molecule has 0 aliphatic rings. The molecule has 0 saturated carbocycles. The number of carbonyl (C=O) groups excluding carboxylic acids is 2. The molecule has 0 aliphatic carbocycles. The number of carboxylic acids is 1. The number of carboxylic acid groups (broad SMARTS) is 1. The van der Waals surface area contributed by atoms with Gasteiger partial charge in [0.2, 0.25) is 5.76 Å². The minimum absolute atomic E-state index is 0.0534. The van der Waals surface area contributed by atoms with Crippen molar-refractivity contribution in [3.63, 3.8) is 0 Å². The van der Waals surface area contributed by atoms with E-state index in [1.165, 1.54) is 24.3 Å². The predicted molar refractivity (Wildman–Crippen MR) is 115 cm³/mol. The van der Waals surface area contributed by atoms with Gasteiger partial charge in [0.05, 0.1) is 5.69 Å². The third-order valence-corrected chi connectivity index (χ3v) is 4.51. The number of benzene rings is 2. The number of para-hydroxylation sites is 1. The summed E-state index contributed by atoms with van der Waals surface area (Å²) in [7, 11) is 0. The number of aliphatic carboxylic acids is 1. The summed E-state index contributed by atoms with van der Waals surface area (Å²) < 4.78 is 18.7. The van der Waals surface area contributed by atoms with Crippen LogP contribution in [-0.4, -0.2) is 34.2 Å². The number of amides is 3. The lowest BCUT2D eigenvalue weighted by Gasteiger charge is -2.16. The average molecular weight is 440 g/mol. The molecule has 9 nitrogen and oxygen atoms in total. The number of urea groups is 1. The maximum atomic E-state index is 13.6. The van der Waals surface area contributed by atoms with Crippen LogP contribution in [0.4, 0.5) is 20.6 Å². The highest BCUT2D eigenvalue weighted by Crippen LogP contribution is 2.22. The van der Waals surface area contributed by atoms with E-state index in [9.17, 15) is 23.9 Å². The zero-order chi connectivity index (χ0) is 23.3. The smallest absolute Gasteiger partial charge is 0.326 e. The van der Waals surface area contributed by atoms with Gasteiger partial charge in [-0.05, 0) is 30.2 Å². The van der Waals surface area contributed by atoms with Gasteiger partial charge in [0, 0.05) is 17.3 Å². The number of halogens is 1. The van der Waals surface area contributed by atoms with Crippen molar-refractivity contribution in [3.8, 4) is 11.3 Å². The van der Waals surface area contributed by atoms with Gasteiger partial charge >= 0.3 is 12.0 Å². The zero-order valence-electron chi connectivity index (χ0n) is 17.3. The number of aromatic nitrogens is 1. The lowest BCUT2D eigenvalue weighted by atomic mass is 10.0. The molecule has 0 radical (unpaired) electrons. The van der Waals surface area contributed by atoms with Gasteiger partial charge in [0.15, 0.2) is 0 Å². The van der Waals surface area contributed by atoms with E-state index in [1.807, 2.05) is 0 Å². The molecule has 4 N–H and O–H groups in total. The number of rotatable bonds is 7. The SMILES string of the molecule is CC(C)C(NC(=O)c1cc(-c2ccc(NC(=O)Nc3ccccc3F)cc2)no1)C(=O)O. The van der Waals surface area contributed by atoms with Gasteiger partial charge < -0.3 is 25.6 Å². The van der Waals surface area contributed by atoms with Crippen molar-refractivity contribution in [2.24, 2.45) is 5.92 Å². The van der Waals surface area contributed by atoms with E-state index < -0.39 is 29.8 Å². The molecule has 1 heterocycles. The van der Waals surface area contributed by atoms with Crippen molar-refractivity contribution < 1.29 is 28.4 Å². The summed E-state index contributed by atoms with van der Waals surface area (Å²) in [4.78, 5) is 35.6. The molecule has 166 valence electrons. The first-order valence-electron chi connectivity index (χ1n) is 9.68. The second-order valence-corrected chi connectivity index (χ2v) is 7.25. The third kappa shape index (κ3) is 5.48. The van der Waals surface area contributed by atoms with Gasteiger partial charge in [-0.15, -0.1) is 0 Å². The van der Waals surface area contributed by atoms with E-state index in [-0.39, 0.29) is 17.4 Å². The van der Waals surface area contributed by atoms with Crippen LogP contribution in [-0.2, 0) is 4.79 Å². The van der Waals surface area contributed by atoms with Crippen molar-refractivity contribution in [1.82, 2.24) is 10.5 Å². The summed E-state index contributed by atoms with van der Waals surface area (Å²) in [5, 5.41) is 20.4. The Morgan fingerprint density at radius 2 is 1.72 bits per heavy atom. The molecule has 1 aromatic heterocycles. The van der Waals surface area contributed by atoms with E-state index in [2.05, 4.69) is 21.1 Å². The Morgan fingerprint density at radius 1 is 1.03 bits per heavy atom. The first-order valence-corrected chi connectivity index (χ1v) is 9.68. The summed E-state index contributed by atoms with van der Waals surface area (Å²) in [6, 6.07) is 12.0. The third-order valence-electron chi connectivity index (χ3n) is 4.51. The fraction of sp³-hybridized carbons (Fsp3) is 0.182. The molecule has 3 amide bonds. The summed E-state index contributed by atoms with van der Waals surface area (Å²) in [6.45, 7) is 3.36. The van der Waals surface area contributed by atoms with Crippen LogP contribution < -0.4 is 16.0 Å². The van der Waals surface area contributed by atoms with Crippen molar-refractivity contribution in [2.45, 2.75) is 19.9 Å². The lowest BCUT2D eigenvalue weighted by Crippen LogP contribution is -2.44. The molecular weight excluding hydrogens is 419 g/mol. The Balaban J connectivity index is 1.63. The van der Waals surface area contributed by atoms with Crippen molar-refractivity contribution >= 4 is 29.3 Å². The normalized spacial score (nSPS) is 11.6. The molecular formula is C22H21FN4O5. The standard InChI is InChI=1S/C22H21FN4O5/c1-12(2)19(21(29)30)26-20(28)18-11-17(27-32-18)13-7-9-14(10-8-13)24-22(31)25-16-6-4-3-5-15(16)23/h3-12,19H,1-2H3,(H,26,28)(H,29,30)(H2,24,25,31). The Morgan fingerprint density at radius 3 is 2.34 bits per heavy atom. The number of nitrogens with one attached hydrogen (secondary N) is 3. The largest absolute Gasteiger partial charge is 0.480 e. The highest BCUT2D eigenvalue weighted by molar-refractivity contribution is 6.00. The van der Waals surface area contributed by atoms with Crippen LogP contribution >= 0.6 is 0 Å². The molecule has 0 saturated heterocycles. The van der Waals surface area contributed by atoms with Crippen molar-refractivity contribution in [3.05, 3.63) is 66.2 Å². The molecule has 0 bridgehead atoms. The molecule has 1 unspecified atom stereocenters. The molecule has 3 rings (SSSR count). The second-order valence-electron chi connectivity index (χ2n) is 7.25. The molecule has 1 atom stereocenters. The maximum absolute atomic E-state index is 13.6. The van der Waals surface area contributed by atoms with Gasteiger partial charge in [-0.1, -0.05) is 43.3 Å². The average Bonchev–Trinajstić information content (AvgIpc) is 3.24. The monoisotopic (exact) mass is 440 g/mol. The van der Waals surface area contributed by atoms with Gasteiger partial charge in [0.1, 0.15) is 17.6 Å². The number of anilines is 2. The summed E-state index contributed by atoms with van der Waals surface area (Å²) in [5.41, 5.74) is 1.46. The lowest BCUT2D eigenvalue weighted by molar-refractivity contribution is -0.140. The summed E-state index contributed by atoms with van der Waals surface area (Å²) >= 11 is 0. The van der Waals surface area contributed by atoms with Crippen molar-refractivity contribution in [2.75, 3.05) is 10.6 Å². The molecule has 0 fully saturated rings. The first-order chi connectivity index (χ1) is 15.2. The van der Waals surface area contributed by atoms with Crippen LogP contribution in [0.2, 0.25) is 0 Å². The van der Waals surface area contributed by atoms with Crippen LogP contribution in [0.15, 0.2) is 59.1 Å². The van der Waals surface area contributed by atoms with Gasteiger partial charge in [-0.3, -0.25) is 4.79 Å². The van der Waals surface area contributed by atoms with Crippen molar-refractivity contribution in [1.29, 1.82) is 0 Å². The van der Waals surface area contributed by atoms with E-state index in [0.717, 1.165) is 0 Å². The Kier molecular flexibility index (Phi) is 6.83. The molecule has 32 heavy (non-hydrogen) atoms. The van der Waals surface area contributed by atoms with E-state index >= 15 is 0 Å². The maximum Gasteiger partial charge on any atom is 0.326 e. The first kappa shape index (κ1) is 22.5. The van der Waals surface area contributed by atoms with Gasteiger partial charge in [-0.2, -0.15) is 0 Å². The number of hydrogen-bond acceptors (Lipinski definition) is 5. The Hall–Kier alpha value is -4.21. The van der Waals surface area contributed by atoms with Crippen LogP contribution in [0.25, 0.3) is 11.3 Å². The van der Waals surface area contributed by atoms with Crippen LogP contribution in [0.3, 0.4) is 0 Å². The topological polar surface area (TPSA) is 134 Å². The zero-order valence-corrected chi connectivity index (χ0v) is 17.3. The Labute approximate surface area is 182 Å². The highest BCUT2D eigenvalue weighted by Gasteiger charge is 2.25. The molecule has 2 aromatic carbocycles. The molecule has 0 spiro atoms. The van der Waals surface area contributed by atoms with Crippen LogP contribution in [0.5, 0.6) is 0 Å². The fourth-order valence-corrected chi connectivity index (χ4v) is 2.82. The number of carbonyl (C=O) groups is 3. The fourth-order valence-electron chi connectivity index (χ4n) is 2.82. The number of nitrogens with zero attached hydrogens (tertiary/aromatic N) is 1.